The highest BCUT2D eigenvalue weighted by molar-refractivity contribution is 5.95. The van der Waals surface area contributed by atoms with Gasteiger partial charge in [0.05, 0.1) is 40.2 Å². The molecule has 1 N–H and O–H groups in total. The van der Waals surface area contributed by atoms with Gasteiger partial charge in [0, 0.05) is 42.7 Å². The van der Waals surface area contributed by atoms with Crippen molar-refractivity contribution in [2.75, 3.05) is 52.3 Å². The van der Waals surface area contributed by atoms with Crippen LogP contribution in [0.5, 0.6) is 5.75 Å². The van der Waals surface area contributed by atoms with Crippen molar-refractivity contribution >= 4 is 17.6 Å². The summed E-state index contributed by atoms with van der Waals surface area (Å²) >= 11 is 0. The van der Waals surface area contributed by atoms with E-state index in [-0.39, 0.29) is 29.8 Å². The summed E-state index contributed by atoms with van der Waals surface area (Å²) < 4.78 is 6.54. The number of hydrogen-bond donors (Lipinski definition) is 1. The molecule has 1 fully saturated rings. The number of rotatable bonds is 13. The molecule has 2 aromatic rings. The molecule has 1 saturated heterocycles. The number of ether oxygens (including phenoxy) is 1. The van der Waals surface area contributed by atoms with E-state index in [1.807, 2.05) is 29.2 Å². The van der Waals surface area contributed by atoms with Gasteiger partial charge in [0.1, 0.15) is 12.3 Å². The molecule has 0 spiro atoms. The predicted octanol–water partition coefficient (Wildman–Crippen LogP) is 6.51. The number of nitrogens with zero attached hydrogens (tertiary/aromatic N) is 3. The molecule has 2 aliphatic rings. The third-order valence-electron chi connectivity index (χ3n) is 8.84. The van der Waals surface area contributed by atoms with E-state index in [4.69, 9.17) is 4.74 Å². The number of anilines is 1. The highest BCUT2D eigenvalue weighted by Gasteiger charge is 2.48. The minimum absolute atomic E-state index is 0.0259. The number of benzene rings is 2. The Balaban J connectivity index is 1.68. The largest absolute Gasteiger partial charge is 0.493 e. The van der Waals surface area contributed by atoms with Crippen LogP contribution in [0.3, 0.4) is 0 Å². The first-order valence-electron chi connectivity index (χ1n) is 16.3. The average molecular weight is 605 g/mol. The van der Waals surface area contributed by atoms with Crippen LogP contribution in [0.25, 0.3) is 0 Å². The molecule has 44 heavy (non-hydrogen) atoms. The molecule has 240 valence electrons. The second-order valence-electron chi connectivity index (χ2n) is 14.9. The zero-order valence-corrected chi connectivity index (χ0v) is 28.2. The fourth-order valence-corrected chi connectivity index (χ4v) is 7.24. The lowest BCUT2D eigenvalue weighted by Crippen LogP contribution is -2.45. The second-order valence-corrected chi connectivity index (χ2v) is 14.9. The van der Waals surface area contributed by atoms with Gasteiger partial charge in [0.15, 0.2) is 0 Å². The van der Waals surface area contributed by atoms with Gasteiger partial charge in [-0.15, -0.1) is 0 Å². The van der Waals surface area contributed by atoms with Crippen molar-refractivity contribution in [3.8, 4) is 5.75 Å². The lowest BCUT2D eigenvalue weighted by molar-refractivity contribution is -0.884. The summed E-state index contributed by atoms with van der Waals surface area (Å²) in [5.41, 5.74) is 5.26. The molecule has 2 heterocycles. The topological polar surface area (TPSA) is 70.1 Å². The molecule has 4 rings (SSSR count). The summed E-state index contributed by atoms with van der Waals surface area (Å²) in [6.45, 7) is 13.5. The number of fused-ring (bicyclic) bond motifs is 1. The van der Waals surface area contributed by atoms with Crippen LogP contribution in [0.4, 0.5) is 5.69 Å². The Morgan fingerprint density at radius 1 is 1.14 bits per heavy atom. The maximum atomic E-state index is 14.3. The van der Waals surface area contributed by atoms with Gasteiger partial charge < -0.3 is 19.2 Å². The first kappa shape index (κ1) is 33.7. The molecule has 0 aliphatic carbocycles. The molecule has 1 amide bonds. The lowest BCUT2D eigenvalue weighted by atomic mass is 9.77. The van der Waals surface area contributed by atoms with Crippen molar-refractivity contribution in [3.05, 3.63) is 70.8 Å². The van der Waals surface area contributed by atoms with Gasteiger partial charge in [-0.05, 0) is 61.4 Å². The Hall–Kier alpha value is -3.16. The smallest absolute Gasteiger partial charge is 0.308 e. The van der Waals surface area contributed by atoms with Crippen LogP contribution < -0.4 is 9.64 Å². The summed E-state index contributed by atoms with van der Waals surface area (Å²) in [6, 6.07) is 14.2. The third kappa shape index (κ3) is 8.51. The molecule has 0 radical (unpaired) electrons. The van der Waals surface area contributed by atoms with E-state index in [2.05, 4.69) is 84.9 Å². The van der Waals surface area contributed by atoms with Crippen molar-refractivity contribution in [2.45, 2.75) is 78.8 Å². The Morgan fingerprint density at radius 3 is 2.55 bits per heavy atom. The minimum Gasteiger partial charge on any atom is -0.493 e. The van der Waals surface area contributed by atoms with Crippen LogP contribution >= 0.6 is 0 Å². The van der Waals surface area contributed by atoms with Crippen molar-refractivity contribution < 1.29 is 23.9 Å². The van der Waals surface area contributed by atoms with Crippen LogP contribution in [0.15, 0.2) is 54.1 Å². The van der Waals surface area contributed by atoms with Crippen molar-refractivity contribution in [2.24, 2.45) is 11.3 Å². The zero-order valence-electron chi connectivity index (χ0n) is 28.2. The average Bonchev–Trinajstić information content (AvgIpc) is 3.51. The van der Waals surface area contributed by atoms with Gasteiger partial charge in [0.25, 0.3) is 0 Å². The first-order chi connectivity index (χ1) is 20.7. The number of likely N-dealkylation sites (tertiary alicyclic amines) is 1. The highest BCUT2D eigenvalue weighted by atomic mass is 16.5. The molecular formula is C37H54N3O4+. The monoisotopic (exact) mass is 604 g/mol. The number of amides is 1. The van der Waals surface area contributed by atoms with E-state index in [9.17, 15) is 14.7 Å². The number of allylic oxidation sites excluding steroid dienone is 2. The molecule has 7 nitrogen and oxygen atoms in total. The predicted molar refractivity (Wildman–Crippen MR) is 178 cm³/mol. The number of quaternary nitrogens is 1. The zero-order chi connectivity index (χ0) is 32.2. The summed E-state index contributed by atoms with van der Waals surface area (Å²) in [6.07, 6.45) is 5.61. The second kappa shape index (κ2) is 13.9. The van der Waals surface area contributed by atoms with Gasteiger partial charge in [-0.3, -0.25) is 14.5 Å². The van der Waals surface area contributed by atoms with Crippen LogP contribution in [0, 0.1) is 11.3 Å². The molecule has 0 bridgehead atoms. The molecule has 3 atom stereocenters. The number of carboxylic acid groups (broad SMARTS) is 1. The van der Waals surface area contributed by atoms with Gasteiger partial charge >= 0.3 is 5.97 Å². The van der Waals surface area contributed by atoms with E-state index < -0.39 is 11.9 Å². The number of unbranched alkanes of at least 4 members (excludes halogenated alkanes) is 1. The van der Waals surface area contributed by atoms with Crippen molar-refractivity contribution in [3.63, 3.8) is 0 Å². The van der Waals surface area contributed by atoms with Gasteiger partial charge in [-0.2, -0.15) is 0 Å². The van der Waals surface area contributed by atoms with Crippen LogP contribution in [0.1, 0.15) is 76.5 Å². The maximum absolute atomic E-state index is 14.3. The molecule has 0 saturated carbocycles. The minimum atomic E-state index is -0.796. The van der Waals surface area contributed by atoms with Crippen LogP contribution in [-0.2, 0) is 22.6 Å². The van der Waals surface area contributed by atoms with Crippen molar-refractivity contribution in [1.29, 1.82) is 0 Å². The summed E-state index contributed by atoms with van der Waals surface area (Å²) in [5, 5.41) is 10.7. The lowest BCUT2D eigenvalue weighted by Gasteiger charge is -2.34. The highest BCUT2D eigenvalue weighted by Crippen LogP contribution is 2.44. The van der Waals surface area contributed by atoms with Crippen LogP contribution in [0.2, 0.25) is 0 Å². The number of carbonyl (C=O) groups excluding carboxylic acids is 1. The molecule has 2 aromatic carbocycles. The quantitative estimate of drug-likeness (QED) is 0.209. The normalized spacial score (nSPS) is 20.2. The van der Waals surface area contributed by atoms with Gasteiger partial charge in [0.2, 0.25) is 5.91 Å². The van der Waals surface area contributed by atoms with E-state index in [1.54, 1.807) is 0 Å². The van der Waals surface area contributed by atoms with Crippen LogP contribution in [-0.4, -0.2) is 79.8 Å². The molecule has 1 unspecified atom stereocenters. The summed E-state index contributed by atoms with van der Waals surface area (Å²) in [5.74, 6) is -0.708. The van der Waals surface area contributed by atoms with E-state index in [0.29, 0.717) is 26.1 Å². The third-order valence-corrected chi connectivity index (χ3v) is 8.84. The summed E-state index contributed by atoms with van der Waals surface area (Å²) in [7, 11) is 6.50. The SMILES string of the molecule is CCCCN(C(=O)CN1C[C@H](c2ccc3c(c2)CCO3)C(C(=O)O)[C@@H]1CC(C)(C)C=C(C)C)c1cccc(C[N+](C)(C)C)c1. The molecule has 2 aliphatic heterocycles. The Morgan fingerprint density at radius 2 is 1.89 bits per heavy atom. The number of hydrogen-bond acceptors (Lipinski definition) is 4. The molecular weight excluding hydrogens is 550 g/mol. The Bertz CT molecular complexity index is 1350. The van der Waals surface area contributed by atoms with E-state index in [1.165, 1.54) is 11.1 Å². The number of carboxylic acids is 1. The van der Waals surface area contributed by atoms with E-state index in [0.717, 1.165) is 52.9 Å². The van der Waals surface area contributed by atoms with E-state index >= 15 is 0 Å². The number of carbonyl (C=O) groups is 2. The molecule has 0 aromatic heterocycles. The Labute approximate surface area is 265 Å². The first-order valence-corrected chi connectivity index (χ1v) is 16.3. The summed E-state index contributed by atoms with van der Waals surface area (Å²) in [4.78, 5) is 31.4. The maximum Gasteiger partial charge on any atom is 0.308 e. The number of aliphatic carboxylic acids is 1. The van der Waals surface area contributed by atoms with Gasteiger partial charge in [-0.25, -0.2) is 0 Å². The van der Waals surface area contributed by atoms with Gasteiger partial charge in [-0.1, -0.05) is 63.1 Å². The molecule has 7 heteroatoms. The standard InChI is InChI=1S/C37H53N3O4/c1-9-10-17-39(30-13-11-12-27(19-30)25-40(6,7)8)34(41)24-38-23-31(28-14-15-33-29(20-28)16-18-44-33)35(36(42)43)32(38)22-37(4,5)21-26(2)3/h11-15,19-21,31-32,35H,9-10,16-18,22-25H2,1-8H3/p+1/t31-,32+,35?/m1/s1. The fourth-order valence-electron chi connectivity index (χ4n) is 7.24. The van der Waals surface area contributed by atoms with Crippen molar-refractivity contribution in [1.82, 2.24) is 4.90 Å². The Kier molecular flexibility index (Phi) is 10.6. The fraction of sp³-hybridized carbons (Fsp3) is 0.568.